The quantitative estimate of drug-likeness (QED) is 0.394. The van der Waals surface area contributed by atoms with E-state index >= 15 is 0 Å². The van der Waals surface area contributed by atoms with Gasteiger partial charge in [0.1, 0.15) is 12.1 Å². The summed E-state index contributed by atoms with van der Waals surface area (Å²) in [4.78, 5) is 47.1. The second-order valence-electron chi connectivity index (χ2n) is 6.70. The zero-order chi connectivity index (χ0) is 20.6. The highest BCUT2D eigenvalue weighted by Crippen LogP contribution is 2.07. The number of H-pyrrole nitrogens is 1. The number of carbonyl (C=O) groups is 4. The second-order valence-corrected chi connectivity index (χ2v) is 6.70. The first kappa shape index (κ1) is 22.3. The molecule has 0 saturated heterocycles. The minimum absolute atomic E-state index is 0.00688. The van der Waals surface area contributed by atoms with Gasteiger partial charge in [0, 0.05) is 32.5 Å². The van der Waals surface area contributed by atoms with Crippen molar-refractivity contribution in [2.24, 2.45) is 13.0 Å². The van der Waals surface area contributed by atoms with Crippen molar-refractivity contribution in [1.82, 2.24) is 20.4 Å². The monoisotopic (exact) mass is 384 g/mol. The highest BCUT2D eigenvalue weighted by atomic mass is 16.5. The molecule has 1 rings (SSSR count). The van der Waals surface area contributed by atoms with Crippen molar-refractivity contribution in [3.05, 3.63) is 11.9 Å². The summed E-state index contributed by atoms with van der Waals surface area (Å²) < 4.78 is 6.41. The van der Waals surface area contributed by atoms with Gasteiger partial charge in [-0.1, -0.05) is 13.8 Å². The van der Waals surface area contributed by atoms with Gasteiger partial charge in [-0.3, -0.25) is 19.1 Å². The number of amides is 2. The molecule has 0 radical (unpaired) electrons. The predicted octanol–water partition coefficient (Wildman–Crippen LogP) is -0.0508. The summed E-state index contributed by atoms with van der Waals surface area (Å²) in [5.74, 6) is -2.68. The standard InChI is InChI=1S/C17H28N4O6/c1-10(2)15(17(26)27-4)19-16(25)12(8-11-9-21(3)20-11)18-13(22)6-5-7-14(23)24/h9-10,12,15,20H,5-8H2,1-4H3,(H,18,22)(H,19,25)(H,23,24). The van der Waals surface area contributed by atoms with E-state index in [1.807, 2.05) is 0 Å². The maximum absolute atomic E-state index is 12.7. The van der Waals surface area contributed by atoms with Crippen molar-refractivity contribution in [1.29, 1.82) is 0 Å². The number of methoxy groups -OCH3 is 1. The molecule has 10 heteroatoms. The Morgan fingerprint density at radius 2 is 1.85 bits per heavy atom. The van der Waals surface area contributed by atoms with Gasteiger partial charge in [-0.05, 0) is 12.3 Å². The summed E-state index contributed by atoms with van der Waals surface area (Å²) in [5, 5.41) is 16.8. The van der Waals surface area contributed by atoms with Crippen LogP contribution in [0.4, 0.5) is 0 Å². The van der Waals surface area contributed by atoms with Crippen LogP contribution in [0.5, 0.6) is 0 Å². The van der Waals surface area contributed by atoms with Crippen LogP contribution in [0.15, 0.2) is 6.20 Å². The van der Waals surface area contributed by atoms with Gasteiger partial charge in [-0.15, -0.1) is 0 Å². The van der Waals surface area contributed by atoms with E-state index in [9.17, 15) is 19.2 Å². The molecule has 152 valence electrons. The summed E-state index contributed by atoms with van der Waals surface area (Å²) in [6, 6.07) is -1.74. The number of rotatable bonds is 11. The molecule has 2 unspecified atom stereocenters. The van der Waals surface area contributed by atoms with Crippen LogP contribution in [0, 0.1) is 5.92 Å². The predicted molar refractivity (Wildman–Crippen MR) is 95.7 cm³/mol. The summed E-state index contributed by atoms with van der Waals surface area (Å²) in [5.41, 5.74) is 0.752. The van der Waals surface area contributed by atoms with E-state index in [2.05, 4.69) is 15.7 Å². The van der Waals surface area contributed by atoms with Crippen LogP contribution in [0.3, 0.4) is 0 Å². The number of hydrogen-bond donors (Lipinski definition) is 4. The van der Waals surface area contributed by atoms with Crippen LogP contribution in [0.1, 0.15) is 38.8 Å². The van der Waals surface area contributed by atoms with Crippen molar-refractivity contribution < 1.29 is 29.0 Å². The lowest BCUT2D eigenvalue weighted by atomic mass is 10.0. The van der Waals surface area contributed by atoms with Gasteiger partial charge in [-0.2, -0.15) is 0 Å². The van der Waals surface area contributed by atoms with Crippen LogP contribution < -0.4 is 10.6 Å². The number of nitrogens with one attached hydrogen (secondary N) is 3. The summed E-state index contributed by atoms with van der Waals surface area (Å²) >= 11 is 0. The molecule has 4 N–H and O–H groups in total. The highest BCUT2D eigenvalue weighted by Gasteiger charge is 2.29. The molecule has 2 atom stereocenters. The maximum Gasteiger partial charge on any atom is 0.328 e. The molecule has 1 aromatic heterocycles. The van der Waals surface area contributed by atoms with Gasteiger partial charge < -0.3 is 25.6 Å². The average Bonchev–Trinajstić information content (AvgIpc) is 2.55. The van der Waals surface area contributed by atoms with Crippen LogP contribution in [-0.2, 0) is 37.4 Å². The molecule has 10 nitrogen and oxygen atoms in total. The van der Waals surface area contributed by atoms with Crippen molar-refractivity contribution in [3.8, 4) is 0 Å². The topological polar surface area (TPSA) is 143 Å². The summed E-state index contributed by atoms with van der Waals surface area (Å²) in [7, 11) is 3.03. The fourth-order valence-electron chi connectivity index (χ4n) is 2.53. The number of ether oxygens (including phenoxy) is 1. The Labute approximate surface area is 157 Å². The van der Waals surface area contributed by atoms with E-state index in [0.29, 0.717) is 0 Å². The molecular formula is C17H28N4O6. The van der Waals surface area contributed by atoms with Gasteiger partial charge in [0.2, 0.25) is 11.8 Å². The minimum atomic E-state index is -0.984. The van der Waals surface area contributed by atoms with Gasteiger partial charge in [0.15, 0.2) is 0 Å². The number of aliphatic carboxylic acids is 1. The molecule has 0 aliphatic rings. The van der Waals surface area contributed by atoms with E-state index in [1.54, 1.807) is 31.8 Å². The summed E-state index contributed by atoms with van der Waals surface area (Å²) in [6.07, 6.45) is 2.03. The Balaban J connectivity index is 2.77. The van der Waals surface area contributed by atoms with Crippen LogP contribution >= 0.6 is 0 Å². The Kier molecular flexibility index (Phi) is 8.57. The van der Waals surface area contributed by atoms with Crippen molar-refractivity contribution in [3.63, 3.8) is 0 Å². The molecule has 0 aliphatic heterocycles. The fourth-order valence-corrected chi connectivity index (χ4v) is 2.53. The molecule has 1 heterocycles. The van der Waals surface area contributed by atoms with E-state index in [4.69, 9.17) is 9.84 Å². The fraction of sp³-hybridized carbons (Fsp3) is 0.647. The molecule has 1 aromatic rings. The zero-order valence-electron chi connectivity index (χ0n) is 16.1. The van der Waals surface area contributed by atoms with Crippen molar-refractivity contribution in [2.45, 2.75) is 51.6 Å². The second kappa shape index (κ2) is 10.4. The Bertz CT molecular complexity index is 651. The number of aromatic nitrogens is 2. The molecule has 0 aromatic carbocycles. The Hall–Kier alpha value is -2.78. The average molecular weight is 384 g/mol. The van der Waals surface area contributed by atoms with Gasteiger partial charge in [-0.25, -0.2) is 4.79 Å². The first-order valence-electron chi connectivity index (χ1n) is 8.73. The summed E-state index contributed by atoms with van der Waals surface area (Å²) in [6.45, 7) is 3.54. The molecular weight excluding hydrogens is 356 g/mol. The SMILES string of the molecule is COC(=O)C(NC(=O)C(Cc1cn(C)[nH]1)NC(=O)CCCC(=O)O)C(C)C. The molecule has 0 saturated carbocycles. The van der Waals surface area contributed by atoms with Gasteiger partial charge in [0.25, 0.3) is 0 Å². The van der Waals surface area contributed by atoms with E-state index in [-0.39, 0.29) is 31.6 Å². The lowest BCUT2D eigenvalue weighted by Crippen LogP contribution is -2.54. The number of aromatic amines is 1. The van der Waals surface area contributed by atoms with Crippen LogP contribution in [-0.4, -0.2) is 57.8 Å². The zero-order valence-corrected chi connectivity index (χ0v) is 16.1. The third-order valence-electron chi connectivity index (χ3n) is 3.96. The number of carboxylic acids is 1. The van der Waals surface area contributed by atoms with E-state index < -0.39 is 35.8 Å². The highest BCUT2D eigenvalue weighted by molar-refractivity contribution is 5.91. The molecule has 27 heavy (non-hydrogen) atoms. The Morgan fingerprint density at radius 1 is 1.22 bits per heavy atom. The van der Waals surface area contributed by atoms with Crippen LogP contribution in [0.2, 0.25) is 0 Å². The number of nitrogens with zero attached hydrogens (tertiary/aromatic N) is 1. The van der Waals surface area contributed by atoms with Crippen molar-refractivity contribution >= 4 is 23.8 Å². The normalized spacial score (nSPS) is 13.1. The largest absolute Gasteiger partial charge is 0.481 e. The van der Waals surface area contributed by atoms with E-state index in [0.717, 1.165) is 5.69 Å². The van der Waals surface area contributed by atoms with Gasteiger partial charge in [0.05, 0.1) is 12.8 Å². The van der Waals surface area contributed by atoms with E-state index in [1.165, 1.54) is 7.11 Å². The Morgan fingerprint density at radius 3 is 2.33 bits per heavy atom. The third-order valence-corrected chi connectivity index (χ3v) is 3.96. The molecule has 0 aliphatic carbocycles. The molecule has 0 bridgehead atoms. The van der Waals surface area contributed by atoms with Crippen LogP contribution in [0.25, 0.3) is 0 Å². The lowest BCUT2D eigenvalue weighted by molar-refractivity contribution is -0.146. The number of esters is 1. The number of hydrogen-bond acceptors (Lipinski definition) is 5. The molecule has 0 fully saturated rings. The first-order valence-corrected chi connectivity index (χ1v) is 8.73. The minimum Gasteiger partial charge on any atom is -0.481 e. The third kappa shape index (κ3) is 7.55. The van der Waals surface area contributed by atoms with Crippen molar-refractivity contribution in [2.75, 3.05) is 7.11 Å². The number of carboxylic acid groups (broad SMARTS) is 1. The lowest BCUT2D eigenvalue weighted by Gasteiger charge is -2.25. The van der Waals surface area contributed by atoms with Gasteiger partial charge >= 0.3 is 11.9 Å². The molecule has 2 amide bonds. The smallest absolute Gasteiger partial charge is 0.328 e. The first-order chi connectivity index (χ1) is 12.6. The molecule has 0 spiro atoms. The maximum atomic E-state index is 12.7. The number of aryl methyl sites for hydroxylation is 1. The number of carbonyl (C=O) groups excluding carboxylic acids is 3.